The predicted octanol–water partition coefficient (Wildman–Crippen LogP) is 2.87. The van der Waals surface area contributed by atoms with Crippen molar-refractivity contribution in [1.29, 1.82) is 0 Å². The number of nitrogens with one attached hydrogen (secondary N) is 1. The summed E-state index contributed by atoms with van der Waals surface area (Å²) in [5.41, 5.74) is 0.705. The number of amides is 1. The Labute approximate surface area is 111 Å². The zero-order chi connectivity index (χ0) is 13.1. The first-order valence-electron chi connectivity index (χ1n) is 5.60. The van der Waals surface area contributed by atoms with Gasteiger partial charge < -0.3 is 10.1 Å². The molecule has 2 aromatic carbocycles. The van der Waals surface area contributed by atoms with Crippen LogP contribution in [0.1, 0.15) is 10.9 Å². The third kappa shape index (κ3) is 2.14. The van der Waals surface area contributed by atoms with Crippen molar-refractivity contribution < 1.29 is 9.53 Å². The van der Waals surface area contributed by atoms with E-state index in [0.29, 0.717) is 11.3 Å². The fourth-order valence-electron chi connectivity index (χ4n) is 1.97. The summed E-state index contributed by atoms with van der Waals surface area (Å²) in [6.07, 6.45) is 0. The quantitative estimate of drug-likeness (QED) is 0.865. The van der Waals surface area contributed by atoms with Crippen LogP contribution in [0.15, 0.2) is 36.4 Å². The first kappa shape index (κ1) is 12.7. The maximum Gasteiger partial charge on any atom is 0.242 e. The van der Waals surface area contributed by atoms with Gasteiger partial charge in [0.05, 0.1) is 7.11 Å². The summed E-state index contributed by atoms with van der Waals surface area (Å²) >= 11 is 6.23. The SMILES string of the molecule is CNC(=O)C(Cl)c1c(OC)ccc2ccccc12. The molecule has 1 N–H and O–H groups in total. The minimum atomic E-state index is -0.768. The molecule has 18 heavy (non-hydrogen) atoms. The van der Waals surface area contributed by atoms with E-state index in [-0.39, 0.29) is 5.91 Å². The van der Waals surface area contributed by atoms with Crippen molar-refractivity contribution >= 4 is 28.3 Å². The molecular formula is C14H14ClNO2. The number of benzene rings is 2. The van der Waals surface area contributed by atoms with Crippen LogP contribution in [-0.2, 0) is 4.79 Å². The fourth-order valence-corrected chi connectivity index (χ4v) is 2.31. The second kappa shape index (κ2) is 5.27. The molecule has 0 bridgehead atoms. The number of hydrogen-bond acceptors (Lipinski definition) is 2. The Hall–Kier alpha value is -1.74. The summed E-state index contributed by atoms with van der Waals surface area (Å²) in [5.74, 6) is 0.378. The molecule has 0 saturated heterocycles. The first-order valence-corrected chi connectivity index (χ1v) is 6.04. The Balaban J connectivity index is 2.68. The van der Waals surface area contributed by atoms with E-state index < -0.39 is 5.38 Å². The normalized spacial score (nSPS) is 12.2. The molecule has 0 fully saturated rings. The lowest BCUT2D eigenvalue weighted by Gasteiger charge is -2.15. The van der Waals surface area contributed by atoms with Gasteiger partial charge in [-0.25, -0.2) is 0 Å². The molecule has 0 aromatic heterocycles. The first-order chi connectivity index (χ1) is 8.69. The molecule has 0 aliphatic heterocycles. The van der Waals surface area contributed by atoms with Crippen LogP contribution in [0.3, 0.4) is 0 Å². The Morgan fingerprint density at radius 1 is 1.28 bits per heavy atom. The molecular weight excluding hydrogens is 250 g/mol. The lowest BCUT2D eigenvalue weighted by atomic mass is 10.0. The number of ether oxygens (including phenoxy) is 1. The van der Waals surface area contributed by atoms with Gasteiger partial charge in [0.2, 0.25) is 5.91 Å². The molecule has 3 nitrogen and oxygen atoms in total. The maximum atomic E-state index is 11.7. The Morgan fingerprint density at radius 3 is 2.67 bits per heavy atom. The van der Waals surface area contributed by atoms with Crippen molar-refractivity contribution in [3.63, 3.8) is 0 Å². The van der Waals surface area contributed by atoms with Crippen molar-refractivity contribution in [3.8, 4) is 5.75 Å². The lowest BCUT2D eigenvalue weighted by molar-refractivity contribution is -0.120. The van der Waals surface area contributed by atoms with Gasteiger partial charge in [0, 0.05) is 12.6 Å². The lowest BCUT2D eigenvalue weighted by Crippen LogP contribution is -2.23. The number of rotatable bonds is 3. The largest absolute Gasteiger partial charge is 0.496 e. The molecule has 0 aliphatic carbocycles. The molecule has 1 atom stereocenters. The van der Waals surface area contributed by atoms with Gasteiger partial charge >= 0.3 is 0 Å². The van der Waals surface area contributed by atoms with Gasteiger partial charge in [-0.15, -0.1) is 11.6 Å². The highest BCUT2D eigenvalue weighted by Gasteiger charge is 2.22. The highest BCUT2D eigenvalue weighted by atomic mass is 35.5. The summed E-state index contributed by atoms with van der Waals surface area (Å²) in [6.45, 7) is 0. The standard InChI is InChI=1S/C14H14ClNO2/c1-16-14(17)13(15)12-10-6-4-3-5-9(10)7-8-11(12)18-2/h3-8,13H,1-2H3,(H,16,17). The van der Waals surface area contributed by atoms with E-state index in [2.05, 4.69) is 5.32 Å². The van der Waals surface area contributed by atoms with E-state index >= 15 is 0 Å². The van der Waals surface area contributed by atoms with Crippen LogP contribution in [0.4, 0.5) is 0 Å². The Bertz CT molecular complexity index is 583. The molecule has 1 amide bonds. The van der Waals surface area contributed by atoms with Gasteiger partial charge in [0.25, 0.3) is 0 Å². The second-order valence-corrected chi connectivity index (χ2v) is 4.32. The fraction of sp³-hybridized carbons (Fsp3) is 0.214. The van der Waals surface area contributed by atoms with E-state index in [4.69, 9.17) is 16.3 Å². The number of halogens is 1. The smallest absolute Gasteiger partial charge is 0.242 e. The molecule has 0 aliphatic rings. The van der Waals surface area contributed by atoms with Crippen LogP contribution >= 0.6 is 11.6 Å². The number of likely N-dealkylation sites (N-methyl/N-ethyl adjacent to an activating group) is 1. The average Bonchev–Trinajstić information content (AvgIpc) is 2.44. The molecule has 1 unspecified atom stereocenters. The number of alkyl halides is 1. The Kier molecular flexibility index (Phi) is 3.72. The van der Waals surface area contributed by atoms with Gasteiger partial charge in [-0.3, -0.25) is 4.79 Å². The third-order valence-corrected chi connectivity index (χ3v) is 3.30. The zero-order valence-corrected chi connectivity index (χ0v) is 11.0. The second-order valence-electron chi connectivity index (χ2n) is 3.88. The van der Waals surface area contributed by atoms with Gasteiger partial charge in [-0.2, -0.15) is 0 Å². The van der Waals surface area contributed by atoms with Crippen LogP contribution in [0.2, 0.25) is 0 Å². The third-order valence-electron chi connectivity index (χ3n) is 2.88. The van der Waals surface area contributed by atoms with E-state index in [9.17, 15) is 4.79 Å². The van der Waals surface area contributed by atoms with Crippen molar-refractivity contribution in [2.45, 2.75) is 5.38 Å². The molecule has 2 aromatic rings. The Morgan fingerprint density at radius 2 is 2.00 bits per heavy atom. The van der Waals surface area contributed by atoms with Gasteiger partial charge in [0.15, 0.2) is 0 Å². The van der Waals surface area contributed by atoms with Gasteiger partial charge in [0.1, 0.15) is 11.1 Å². The molecule has 2 rings (SSSR count). The molecule has 0 saturated carbocycles. The number of fused-ring (bicyclic) bond motifs is 1. The number of carbonyl (C=O) groups is 1. The minimum Gasteiger partial charge on any atom is -0.496 e. The number of carbonyl (C=O) groups excluding carboxylic acids is 1. The predicted molar refractivity (Wildman–Crippen MR) is 73.2 cm³/mol. The minimum absolute atomic E-state index is 0.244. The van der Waals surface area contributed by atoms with Crippen molar-refractivity contribution in [2.24, 2.45) is 0 Å². The van der Waals surface area contributed by atoms with Gasteiger partial charge in [-0.05, 0) is 16.8 Å². The van der Waals surface area contributed by atoms with Crippen LogP contribution in [-0.4, -0.2) is 20.1 Å². The van der Waals surface area contributed by atoms with Crippen molar-refractivity contribution in [2.75, 3.05) is 14.2 Å². The highest BCUT2D eigenvalue weighted by Crippen LogP contribution is 2.36. The number of methoxy groups -OCH3 is 1. The van der Waals surface area contributed by atoms with Gasteiger partial charge in [-0.1, -0.05) is 30.3 Å². The van der Waals surface area contributed by atoms with Crippen LogP contribution in [0.25, 0.3) is 10.8 Å². The molecule has 4 heteroatoms. The molecule has 0 spiro atoms. The van der Waals surface area contributed by atoms with Crippen LogP contribution in [0.5, 0.6) is 5.75 Å². The van der Waals surface area contributed by atoms with Crippen LogP contribution < -0.4 is 10.1 Å². The average molecular weight is 264 g/mol. The summed E-state index contributed by atoms with van der Waals surface area (Å²) in [7, 11) is 3.14. The molecule has 0 heterocycles. The molecule has 0 radical (unpaired) electrons. The van der Waals surface area contributed by atoms with E-state index in [1.807, 2.05) is 36.4 Å². The summed E-state index contributed by atoms with van der Waals surface area (Å²) in [4.78, 5) is 11.7. The van der Waals surface area contributed by atoms with E-state index in [1.165, 1.54) is 0 Å². The zero-order valence-electron chi connectivity index (χ0n) is 10.2. The summed E-state index contributed by atoms with van der Waals surface area (Å²) in [5, 5.41) is 3.75. The summed E-state index contributed by atoms with van der Waals surface area (Å²) < 4.78 is 5.30. The van der Waals surface area contributed by atoms with Crippen LogP contribution in [0, 0.1) is 0 Å². The molecule has 94 valence electrons. The monoisotopic (exact) mass is 263 g/mol. The van der Waals surface area contributed by atoms with E-state index in [1.54, 1.807) is 14.2 Å². The summed E-state index contributed by atoms with van der Waals surface area (Å²) in [6, 6.07) is 11.6. The van der Waals surface area contributed by atoms with Crippen molar-refractivity contribution in [1.82, 2.24) is 5.32 Å². The van der Waals surface area contributed by atoms with Crippen molar-refractivity contribution in [3.05, 3.63) is 42.0 Å². The highest BCUT2D eigenvalue weighted by molar-refractivity contribution is 6.32. The maximum absolute atomic E-state index is 11.7. The number of hydrogen-bond donors (Lipinski definition) is 1. The van der Waals surface area contributed by atoms with E-state index in [0.717, 1.165) is 10.8 Å². The topological polar surface area (TPSA) is 38.3 Å².